The third-order valence-corrected chi connectivity index (χ3v) is 5.74. The Balaban J connectivity index is 1.79. The summed E-state index contributed by atoms with van der Waals surface area (Å²) in [5, 5.41) is 3.65. The average Bonchev–Trinajstić information content (AvgIpc) is 3.01. The van der Waals surface area contributed by atoms with Gasteiger partial charge in [-0.3, -0.25) is 0 Å². The minimum absolute atomic E-state index is 0.261. The second-order valence-electron chi connectivity index (χ2n) is 8.18. The second kappa shape index (κ2) is 6.12. The summed E-state index contributed by atoms with van der Waals surface area (Å²) >= 11 is 0. The van der Waals surface area contributed by atoms with Gasteiger partial charge in [0.2, 0.25) is 0 Å². The molecule has 0 radical (unpaired) electrons. The van der Waals surface area contributed by atoms with Crippen molar-refractivity contribution in [2.24, 2.45) is 11.8 Å². The summed E-state index contributed by atoms with van der Waals surface area (Å²) in [6.45, 7) is 9.32. The van der Waals surface area contributed by atoms with Gasteiger partial charge in [0.05, 0.1) is 0 Å². The lowest BCUT2D eigenvalue weighted by molar-refractivity contribution is 0.231. The van der Waals surface area contributed by atoms with E-state index >= 15 is 0 Å². The standard InChI is InChI=1S/C20H31N/c1-20(2,3)17-10-8-16(9-11-17)18-12-13-21-14-19(18)15-6-4-5-7-15/h8-11,15,18-19,21H,4-7,12-14H2,1-3H3. The quantitative estimate of drug-likeness (QED) is 0.817. The van der Waals surface area contributed by atoms with Crippen LogP contribution in [0.25, 0.3) is 0 Å². The lowest BCUT2D eigenvalue weighted by Crippen LogP contribution is -2.38. The minimum Gasteiger partial charge on any atom is -0.316 e. The van der Waals surface area contributed by atoms with Crippen molar-refractivity contribution in [2.45, 2.75) is 64.2 Å². The molecular weight excluding hydrogens is 254 g/mol. The molecule has 116 valence electrons. The van der Waals surface area contributed by atoms with Gasteiger partial charge in [-0.2, -0.15) is 0 Å². The minimum atomic E-state index is 0.261. The zero-order valence-corrected chi connectivity index (χ0v) is 14.0. The van der Waals surface area contributed by atoms with Gasteiger partial charge in [0.1, 0.15) is 0 Å². The van der Waals surface area contributed by atoms with Gasteiger partial charge < -0.3 is 5.32 Å². The lowest BCUT2D eigenvalue weighted by Gasteiger charge is -2.37. The van der Waals surface area contributed by atoms with Gasteiger partial charge in [0.15, 0.2) is 0 Å². The Labute approximate surface area is 130 Å². The zero-order valence-electron chi connectivity index (χ0n) is 14.0. The molecule has 1 heterocycles. The molecule has 2 atom stereocenters. The van der Waals surface area contributed by atoms with Gasteiger partial charge in [-0.25, -0.2) is 0 Å². The molecule has 3 rings (SSSR count). The van der Waals surface area contributed by atoms with Crippen molar-refractivity contribution in [1.29, 1.82) is 0 Å². The summed E-state index contributed by atoms with van der Waals surface area (Å²) in [5.41, 5.74) is 3.30. The Kier molecular flexibility index (Phi) is 4.40. The molecule has 0 bridgehead atoms. The molecule has 0 aromatic heterocycles. The molecule has 1 aromatic carbocycles. The molecule has 21 heavy (non-hydrogen) atoms. The van der Waals surface area contributed by atoms with Crippen LogP contribution in [0.4, 0.5) is 0 Å². The highest BCUT2D eigenvalue weighted by Crippen LogP contribution is 2.42. The van der Waals surface area contributed by atoms with Crippen LogP contribution in [-0.2, 0) is 5.41 Å². The second-order valence-corrected chi connectivity index (χ2v) is 8.18. The number of benzene rings is 1. The van der Waals surface area contributed by atoms with E-state index in [2.05, 4.69) is 50.4 Å². The topological polar surface area (TPSA) is 12.0 Å². The number of hydrogen-bond donors (Lipinski definition) is 1. The molecule has 2 fully saturated rings. The van der Waals surface area contributed by atoms with Gasteiger partial charge in [0.25, 0.3) is 0 Å². The van der Waals surface area contributed by atoms with Crippen LogP contribution in [0.15, 0.2) is 24.3 Å². The van der Waals surface area contributed by atoms with Gasteiger partial charge in [0, 0.05) is 0 Å². The number of hydrogen-bond acceptors (Lipinski definition) is 1. The molecular formula is C20H31N. The molecule has 1 N–H and O–H groups in total. The lowest BCUT2D eigenvalue weighted by atomic mass is 9.73. The number of rotatable bonds is 2. The zero-order chi connectivity index (χ0) is 14.9. The van der Waals surface area contributed by atoms with Crippen LogP contribution in [-0.4, -0.2) is 13.1 Å². The first kappa shape index (κ1) is 15.1. The normalized spacial score (nSPS) is 28.0. The summed E-state index contributed by atoms with van der Waals surface area (Å²) in [6.07, 6.45) is 7.15. The summed E-state index contributed by atoms with van der Waals surface area (Å²) in [7, 11) is 0. The highest BCUT2D eigenvalue weighted by Gasteiger charge is 2.34. The summed E-state index contributed by atoms with van der Waals surface area (Å²) in [6, 6.07) is 9.56. The van der Waals surface area contributed by atoms with Crippen LogP contribution in [0.3, 0.4) is 0 Å². The maximum atomic E-state index is 3.65. The summed E-state index contributed by atoms with van der Waals surface area (Å²) < 4.78 is 0. The highest BCUT2D eigenvalue weighted by atomic mass is 14.9. The van der Waals surface area contributed by atoms with E-state index in [0.717, 1.165) is 17.8 Å². The van der Waals surface area contributed by atoms with Crippen molar-refractivity contribution >= 4 is 0 Å². The van der Waals surface area contributed by atoms with E-state index in [9.17, 15) is 0 Å². The van der Waals surface area contributed by atoms with E-state index in [0.29, 0.717) is 0 Å². The molecule has 1 saturated carbocycles. The summed E-state index contributed by atoms with van der Waals surface area (Å²) in [5.74, 6) is 2.61. The smallest absolute Gasteiger partial charge is 0.00120 e. The van der Waals surface area contributed by atoms with Crippen LogP contribution in [0.2, 0.25) is 0 Å². The van der Waals surface area contributed by atoms with Gasteiger partial charge >= 0.3 is 0 Å². The van der Waals surface area contributed by atoms with Crippen molar-refractivity contribution < 1.29 is 0 Å². The first-order chi connectivity index (χ1) is 10.1. The third-order valence-electron chi connectivity index (χ3n) is 5.74. The van der Waals surface area contributed by atoms with Crippen LogP contribution < -0.4 is 5.32 Å². The predicted molar refractivity (Wildman–Crippen MR) is 90.8 cm³/mol. The maximum Gasteiger partial charge on any atom is -0.00120 e. The van der Waals surface area contributed by atoms with Crippen molar-refractivity contribution in [3.05, 3.63) is 35.4 Å². The molecule has 1 heteroatoms. The van der Waals surface area contributed by atoms with Crippen molar-refractivity contribution in [3.8, 4) is 0 Å². The van der Waals surface area contributed by atoms with Crippen LogP contribution >= 0.6 is 0 Å². The van der Waals surface area contributed by atoms with E-state index in [-0.39, 0.29) is 5.41 Å². The molecule has 0 amide bonds. The van der Waals surface area contributed by atoms with Gasteiger partial charge in [-0.1, -0.05) is 70.7 Å². The predicted octanol–water partition coefficient (Wildman–Crippen LogP) is 4.87. The molecule has 1 saturated heterocycles. The van der Waals surface area contributed by atoms with E-state index in [4.69, 9.17) is 0 Å². The van der Waals surface area contributed by atoms with E-state index in [1.54, 1.807) is 5.56 Å². The monoisotopic (exact) mass is 285 g/mol. The van der Waals surface area contributed by atoms with Gasteiger partial charge in [-0.15, -0.1) is 0 Å². The van der Waals surface area contributed by atoms with Crippen LogP contribution in [0.5, 0.6) is 0 Å². The molecule has 1 aliphatic carbocycles. The molecule has 1 nitrogen and oxygen atoms in total. The molecule has 1 aliphatic heterocycles. The Morgan fingerprint density at radius 2 is 1.62 bits per heavy atom. The average molecular weight is 285 g/mol. The highest BCUT2D eigenvalue weighted by molar-refractivity contribution is 5.30. The Morgan fingerprint density at radius 3 is 2.24 bits per heavy atom. The summed E-state index contributed by atoms with van der Waals surface area (Å²) in [4.78, 5) is 0. The van der Waals surface area contributed by atoms with E-state index in [1.165, 1.54) is 50.8 Å². The molecule has 0 spiro atoms. The fraction of sp³-hybridized carbons (Fsp3) is 0.700. The van der Waals surface area contributed by atoms with Crippen molar-refractivity contribution in [3.63, 3.8) is 0 Å². The Hall–Kier alpha value is -0.820. The number of nitrogens with one attached hydrogen (secondary N) is 1. The Bertz CT molecular complexity index is 448. The first-order valence-corrected chi connectivity index (χ1v) is 8.87. The molecule has 1 aromatic rings. The van der Waals surface area contributed by atoms with Gasteiger partial charge in [-0.05, 0) is 53.8 Å². The molecule has 2 aliphatic rings. The Morgan fingerprint density at radius 1 is 0.952 bits per heavy atom. The first-order valence-electron chi connectivity index (χ1n) is 8.87. The number of piperidine rings is 1. The third kappa shape index (κ3) is 3.34. The SMILES string of the molecule is CC(C)(C)c1ccc(C2CCNCC2C2CCCC2)cc1. The van der Waals surface area contributed by atoms with Crippen LogP contribution in [0.1, 0.15) is 69.9 Å². The van der Waals surface area contributed by atoms with Crippen molar-refractivity contribution in [2.75, 3.05) is 13.1 Å². The fourth-order valence-electron chi connectivity index (χ4n) is 4.41. The maximum absolute atomic E-state index is 3.65. The van der Waals surface area contributed by atoms with Crippen molar-refractivity contribution in [1.82, 2.24) is 5.32 Å². The van der Waals surface area contributed by atoms with Crippen LogP contribution in [0, 0.1) is 11.8 Å². The fourth-order valence-corrected chi connectivity index (χ4v) is 4.41. The van der Waals surface area contributed by atoms with E-state index < -0.39 is 0 Å². The molecule has 2 unspecified atom stereocenters. The van der Waals surface area contributed by atoms with E-state index in [1.807, 2.05) is 0 Å². The largest absolute Gasteiger partial charge is 0.316 e.